The van der Waals surface area contributed by atoms with Crippen LogP contribution in [0, 0.1) is 22.5 Å². The highest BCUT2D eigenvalue weighted by Gasteiger charge is 2.43. The monoisotopic (exact) mass is 480 g/mol. The van der Waals surface area contributed by atoms with Crippen LogP contribution in [0.3, 0.4) is 0 Å². The summed E-state index contributed by atoms with van der Waals surface area (Å²) in [5, 5.41) is 17.8. The van der Waals surface area contributed by atoms with Gasteiger partial charge in [0, 0.05) is 58.2 Å². The first-order valence-electron chi connectivity index (χ1n) is 10.9. The zero-order valence-corrected chi connectivity index (χ0v) is 20.1. The molecule has 0 bridgehead atoms. The molecule has 1 atom stereocenters. The number of carbonyl (C=O) groups is 2. The van der Waals surface area contributed by atoms with E-state index in [9.17, 15) is 19.7 Å². The average molecular weight is 481 g/mol. The number of hydrogen-bond acceptors (Lipinski definition) is 6. The SMILES string of the molecule is CC1=C(C(=O)Nc2ccc(C)cn2)[C@H](c2cc([N+](=O)[O-])ccc2Cl)C2=C(CC(C)(C)CC2=O)N1. The van der Waals surface area contributed by atoms with E-state index in [-0.39, 0.29) is 27.5 Å². The van der Waals surface area contributed by atoms with Gasteiger partial charge in [-0.1, -0.05) is 31.5 Å². The normalized spacial score (nSPS) is 19.4. The van der Waals surface area contributed by atoms with Crippen LogP contribution in [0.4, 0.5) is 11.5 Å². The lowest BCUT2D eigenvalue weighted by atomic mass is 9.68. The minimum atomic E-state index is -0.849. The number of benzene rings is 1. The van der Waals surface area contributed by atoms with E-state index in [0.717, 1.165) is 11.3 Å². The summed E-state index contributed by atoms with van der Waals surface area (Å²) in [6.45, 7) is 7.67. The van der Waals surface area contributed by atoms with Crippen LogP contribution < -0.4 is 10.6 Å². The van der Waals surface area contributed by atoms with Crippen LogP contribution in [0.15, 0.2) is 59.1 Å². The molecule has 1 aromatic heterocycles. The maximum atomic E-state index is 13.5. The second-order valence-electron chi connectivity index (χ2n) is 9.57. The number of halogens is 1. The number of nitro groups is 1. The third-order valence-electron chi connectivity index (χ3n) is 6.14. The van der Waals surface area contributed by atoms with Gasteiger partial charge >= 0.3 is 0 Å². The Kier molecular flexibility index (Phi) is 6.03. The van der Waals surface area contributed by atoms with Crippen LogP contribution in [0.25, 0.3) is 0 Å². The zero-order valence-electron chi connectivity index (χ0n) is 19.4. The summed E-state index contributed by atoms with van der Waals surface area (Å²) in [4.78, 5) is 42.1. The Hall–Kier alpha value is -3.52. The number of nitro benzene ring substituents is 1. The van der Waals surface area contributed by atoms with E-state index in [1.807, 2.05) is 26.8 Å². The molecule has 1 aliphatic heterocycles. The number of non-ortho nitro benzene ring substituents is 1. The van der Waals surface area contributed by atoms with Crippen LogP contribution >= 0.6 is 11.6 Å². The van der Waals surface area contributed by atoms with Crippen molar-refractivity contribution >= 4 is 34.8 Å². The number of pyridine rings is 1. The molecule has 2 N–H and O–H groups in total. The summed E-state index contributed by atoms with van der Waals surface area (Å²) in [6.07, 6.45) is 2.53. The molecule has 0 fully saturated rings. The van der Waals surface area contributed by atoms with Gasteiger partial charge in [0.25, 0.3) is 11.6 Å². The summed E-state index contributed by atoms with van der Waals surface area (Å²) in [7, 11) is 0. The first-order chi connectivity index (χ1) is 16.0. The van der Waals surface area contributed by atoms with Crippen molar-refractivity contribution in [1.29, 1.82) is 0 Å². The van der Waals surface area contributed by atoms with Crippen LogP contribution in [0.5, 0.6) is 0 Å². The molecule has 0 radical (unpaired) electrons. The van der Waals surface area contributed by atoms with Gasteiger partial charge in [0.15, 0.2) is 5.78 Å². The van der Waals surface area contributed by atoms with Gasteiger partial charge in [-0.3, -0.25) is 19.7 Å². The summed E-state index contributed by atoms with van der Waals surface area (Å²) in [5.41, 5.74) is 2.84. The van der Waals surface area contributed by atoms with Crippen molar-refractivity contribution in [3.8, 4) is 0 Å². The Balaban J connectivity index is 1.87. The Bertz CT molecular complexity index is 1280. The van der Waals surface area contributed by atoms with Gasteiger partial charge in [-0.2, -0.15) is 0 Å². The summed E-state index contributed by atoms with van der Waals surface area (Å²) < 4.78 is 0. The highest BCUT2D eigenvalue weighted by molar-refractivity contribution is 6.31. The lowest BCUT2D eigenvalue weighted by molar-refractivity contribution is -0.384. The van der Waals surface area contributed by atoms with Crippen LogP contribution in [-0.2, 0) is 9.59 Å². The second kappa shape index (κ2) is 8.68. The fraction of sp³-hybridized carbons (Fsp3) is 0.320. The predicted octanol–water partition coefficient (Wildman–Crippen LogP) is 5.19. The molecule has 1 amide bonds. The molecule has 8 nitrogen and oxygen atoms in total. The van der Waals surface area contributed by atoms with Crippen molar-refractivity contribution < 1.29 is 14.5 Å². The Morgan fingerprint density at radius 2 is 1.97 bits per heavy atom. The average Bonchev–Trinajstić information content (AvgIpc) is 2.73. The van der Waals surface area contributed by atoms with E-state index >= 15 is 0 Å². The quantitative estimate of drug-likeness (QED) is 0.459. The Labute approximate surface area is 202 Å². The van der Waals surface area contributed by atoms with Crippen LogP contribution in [0.1, 0.15) is 50.7 Å². The summed E-state index contributed by atoms with van der Waals surface area (Å²) in [5.74, 6) is -1.07. The number of carbonyl (C=O) groups excluding carboxylic acids is 2. The molecule has 9 heteroatoms. The predicted molar refractivity (Wildman–Crippen MR) is 129 cm³/mol. The first-order valence-corrected chi connectivity index (χ1v) is 11.3. The molecule has 34 heavy (non-hydrogen) atoms. The number of anilines is 1. The van der Waals surface area contributed by atoms with E-state index in [2.05, 4.69) is 15.6 Å². The third-order valence-corrected chi connectivity index (χ3v) is 6.48. The second-order valence-corrected chi connectivity index (χ2v) is 9.97. The maximum Gasteiger partial charge on any atom is 0.269 e. The number of amides is 1. The van der Waals surface area contributed by atoms with E-state index in [0.29, 0.717) is 35.5 Å². The van der Waals surface area contributed by atoms with Gasteiger partial charge in [0.1, 0.15) is 5.82 Å². The molecule has 1 aromatic carbocycles. The lowest BCUT2D eigenvalue weighted by Gasteiger charge is -2.39. The topological polar surface area (TPSA) is 114 Å². The van der Waals surface area contributed by atoms with Crippen molar-refractivity contribution in [3.63, 3.8) is 0 Å². The number of aryl methyl sites for hydroxylation is 1. The molecule has 0 unspecified atom stereocenters. The molecule has 2 heterocycles. The number of ketones is 1. The minimum Gasteiger partial charge on any atom is -0.362 e. The van der Waals surface area contributed by atoms with Crippen LogP contribution in [0.2, 0.25) is 5.02 Å². The third kappa shape index (κ3) is 4.46. The summed E-state index contributed by atoms with van der Waals surface area (Å²) >= 11 is 6.52. The number of hydrogen-bond donors (Lipinski definition) is 2. The number of dihydropyridines is 1. The fourth-order valence-corrected chi connectivity index (χ4v) is 4.87. The van der Waals surface area contributed by atoms with Crippen molar-refractivity contribution in [1.82, 2.24) is 10.3 Å². The molecule has 0 spiro atoms. The zero-order chi connectivity index (χ0) is 24.8. The van der Waals surface area contributed by atoms with E-state index in [4.69, 9.17) is 11.6 Å². The molecule has 176 valence electrons. The molecule has 1 aliphatic carbocycles. The molecule has 2 aromatic rings. The smallest absolute Gasteiger partial charge is 0.269 e. The van der Waals surface area contributed by atoms with E-state index in [1.54, 1.807) is 19.2 Å². The highest BCUT2D eigenvalue weighted by atomic mass is 35.5. The van der Waals surface area contributed by atoms with E-state index < -0.39 is 16.7 Å². The van der Waals surface area contributed by atoms with Crippen LogP contribution in [-0.4, -0.2) is 21.6 Å². The minimum absolute atomic E-state index is 0.113. The number of aromatic nitrogens is 1. The molecule has 0 saturated heterocycles. The van der Waals surface area contributed by atoms with Crippen molar-refractivity contribution in [3.05, 3.63) is 85.3 Å². The highest BCUT2D eigenvalue weighted by Crippen LogP contribution is 2.48. The first kappa shape index (κ1) is 23.6. The molecule has 2 aliphatic rings. The number of nitrogens with zero attached hydrogens (tertiary/aromatic N) is 2. The molecular formula is C25H25ClN4O4. The Morgan fingerprint density at radius 3 is 2.62 bits per heavy atom. The van der Waals surface area contributed by atoms with Gasteiger partial charge in [-0.15, -0.1) is 0 Å². The van der Waals surface area contributed by atoms with E-state index in [1.165, 1.54) is 18.2 Å². The van der Waals surface area contributed by atoms with Gasteiger partial charge in [0.2, 0.25) is 0 Å². The van der Waals surface area contributed by atoms with Gasteiger partial charge in [-0.05, 0) is 48.9 Å². The van der Waals surface area contributed by atoms with Gasteiger partial charge in [-0.25, -0.2) is 4.98 Å². The maximum absolute atomic E-state index is 13.5. The molecule has 0 saturated carbocycles. The largest absolute Gasteiger partial charge is 0.362 e. The lowest BCUT2D eigenvalue weighted by Crippen LogP contribution is -2.39. The van der Waals surface area contributed by atoms with Crippen molar-refractivity contribution in [2.24, 2.45) is 5.41 Å². The number of Topliss-reactive ketones (excluding diaryl/α,β-unsaturated/α-hetero) is 1. The van der Waals surface area contributed by atoms with Gasteiger partial charge < -0.3 is 10.6 Å². The number of nitrogens with one attached hydrogen (secondary N) is 2. The Morgan fingerprint density at radius 1 is 1.24 bits per heavy atom. The molecule has 4 rings (SSSR count). The fourth-order valence-electron chi connectivity index (χ4n) is 4.64. The number of allylic oxidation sites excluding steroid dienone is 3. The van der Waals surface area contributed by atoms with Gasteiger partial charge in [0.05, 0.1) is 4.92 Å². The van der Waals surface area contributed by atoms with Crippen molar-refractivity contribution in [2.75, 3.05) is 5.32 Å². The summed E-state index contributed by atoms with van der Waals surface area (Å²) in [6, 6.07) is 7.60. The molecular weight excluding hydrogens is 456 g/mol. The van der Waals surface area contributed by atoms with Crippen molar-refractivity contribution in [2.45, 2.75) is 46.5 Å². The standard InChI is InChI=1S/C25H25ClN4O4/c1-13-5-8-20(27-12-13)29-24(32)21-14(2)28-18-10-25(3,4)11-19(31)23(18)22(21)16-9-15(30(33)34)6-7-17(16)26/h5-9,12,22,28H,10-11H2,1-4H3,(H,27,29,32)/t22-/m0/s1. The number of rotatable bonds is 4.